The van der Waals surface area contributed by atoms with Crippen LogP contribution in [-0.4, -0.2) is 36.9 Å². The predicted octanol–water partition coefficient (Wildman–Crippen LogP) is 1.40. The van der Waals surface area contributed by atoms with Gasteiger partial charge in [0.2, 0.25) is 5.95 Å². The van der Waals surface area contributed by atoms with Crippen LogP contribution in [0, 0.1) is 0 Å². The summed E-state index contributed by atoms with van der Waals surface area (Å²) in [5, 5.41) is 8.29. The van der Waals surface area contributed by atoms with E-state index < -0.39 is 0 Å². The minimum atomic E-state index is -0.341. The monoisotopic (exact) mass is 298 g/mol. The third-order valence-electron chi connectivity index (χ3n) is 3.69. The Kier molecular flexibility index (Phi) is 2.81. The second-order valence-electron chi connectivity index (χ2n) is 5.21. The maximum absolute atomic E-state index is 11.6. The Morgan fingerprint density at radius 2 is 2.32 bits per heavy atom. The molecule has 0 aromatic carbocycles. The van der Waals surface area contributed by atoms with E-state index in [0.717, 1.165) is 16.7 Å². The van der Waals surface area contributed by atoms with Crippen molar-refractivity contribution in [3.05, 3.63) is 30.9 Å². The van der Waals surface area contributed by atoms with Gasteiger partial charge in [-0.1, -0.05) is 0 Å². The summed E-state index contributed by atoms with van der Waals surface area (Å²) < 4.78 is 8.49. The molecule has 4 heterocycles. The molecule has 0 spiro atoms. The molecule has 0 aliphatic carbocycles. The largest absolute Gasteiger partial charge is 0.464 e. The van der Waals surface area contributed by atoms with Crippen LogP contribution in [0.1, 0.15) is 12.5 Å². The van der Waals surface area contributed by atoms with Gasteiger partial charge >= 0.3 is 5.97 Å². The Labute approximate surface area is 125 Å². The number of aryl methyl sites for hydroxylation is 1. The zero-order valence-corrected chi connectivity index (χ0v) is 11.9. The van der Waals surface area contributed by atoms with Gasteiger partial charge in [-0.25, -0.2) is 9.78 Å². The molecule has 22 heavy (non-hydrogen) atoms. The molecule has 1 aliphatic rings. The van der Waals surface area contributed by atoms with Crippen LogP contribution in [0.25, 0.3) is 11.0 Å². The van der Waals surface area contributed by atoms with Gasteiger partial charge in [0.1, 0.15) is 5.65 Å². The Morgan fingerprint density at radius 1 is 1.41 bits per heavy atom. The second-order valence-corrected chi connectivity index (χ2v) is 5.21. The van der Waals surface area contributed by atoms with E-state index in [2.05, 4.69) is 20.4 Å². The number of rotatable bonds is 3. The quantitative estimate of drug-likeness (QED) is 0.735. The first-order valence-electron chi connectivity index (χ1n) is 6.96. The second kappa shape index (κ2) is 4.83. The van der Waals surface area contributed by atoms with Gasteiger partial charge in [0.05, 0.1) is 18.5 Å². The topological polar surface area (TPSA) is 86.9 Å². The van der Waals surface area contributed by atoms with Gasteiger partial charge in [-0.2, -0.15) is 10.1 Å². The molecule has 4 rings (SSSR count). The van der Waals surface area contributed by atoms with E-state index in [9.17, 15) is 4.79 Å². The number of ether oxygens (including phenoxy) is 1. The highest BCUT2D eigenvalue weighted by molar-refractivity contribution is 5.77. The highest BCUT2D eigenvalue weighted by Gasteiger charge is 2.28. The maximum Gasteiger partial charge on any atom is 0.331 e. The molecule has 1 N–H and O–H groups in total. The zero-order chi connectivity index (χ0) is 15.1. The summed E-state index contributed by atoms with van der Waals surface area (Å²) in [6.45, 7) is 0.444. The molecular formula is C14H14N6O2. The molecule has 112 valence electrons. The van der Waals surface area contributed by atoms with Crippen molar-refractivity contribution in [2.75, 3.05) is 11.9 Å². The van der Waals surface area contributed by atoms with Gasteiger partial charge in [-0.05, 0) is 6.07 Å². The first-order valence-corrected chi connectivity index (χ1v) is 6.96. The Bertz CT molecular complexity index is 852. The third kappa shape index (κ3) is 2.09. The molecule has 0 saturated carbocycles. The summed E-state index contributed by atoms with van der Waals surface area (Å²) in [5.74, 6) is 0.249. The molecule has 0 radical (unpaired) electrons. The van der Waals surface area contributed by atoms with Crippen molar-refractivity contribution >= 4 is 28.6 Å². The number of fused-ring (bicyclic) bond motifs is 1. The van der Waals surface area contributed by atoms with Gasteiger partial charge in [0, 0.05) is 37.4 Å². The van der Waals surface area contributed by atoms with Crippen LogP contribution in [0.2, 0.25) is 0 Å². The molecule has 8 nitrogen and oxygen atoms in total. The van der Waals surface area contributed by atoms with E-state index in [1.807, 2.05) is 23.9 Å². The van der Waals surface area contributed by atoms with Crippen LogP contribution in [0.5, 0.6) is 0 Å². The van der Waals surface area contributed by atoms with Crippen molar-refractivity contribution in [2.45, 2.75) is 12.5 Å². The van der Waals surface area contributed by atoms with Crippen molar-refractivity contribution in [1.29, 1.82) is 0 Å². The molecule has 1 atom stereocenters. The minimum Gasteiger partial charge on any atom is -0.464 e. The lowest BCUT2D eigenvalue weighted by Gasteiger charge is -2.05. The lowest BCUT2D eigenvalue weighted by atomic mass is 10.2. The lowest BCUT2D eigenvalue weighted by Crippen LogP contribution is -2.14. The maximum atomic E-state index is 11.6. The summed E-state index contributed by atoms with van der Waals surface area (Å²) in [7, 11) is 1.93. The summed E-state index contributed by atoms with van der Waals surface area (Å²) >= 11 is 0. The molecule has 1 saturated heterocycles. The number of aromatic nitrogens is 5. The Morgan fingerprint density at radius 3 is 3.14 bits per heavy atom. The molecule has 1 unspecified atom stereocenters. The van der Waals surface area contributed by atoms with Crippen molar-refractivity contribution in [3.8, 4) is 0 Å². The molecule has 3 aromatic heterocycles. The number of carbonyl (C=O) groups is 1. The molecular weight excluding hydrogens is 284 g/mol. The number of esters is 1. The van der Waals surface area contributed by atoms with Crippen LogP contribution in [-0.2, 0) is 16.6 Å². The minimum absolute atomic E-state index is 0.240. The summed E-state index contributed by atoms with van der Waals surface area (Å²) in [6.07, 6.45) is 7.75. The van der Waals surface area contributed by atoms with Crippen LogP contribution >= 0.6 is 0 Å². The predicted molar refractivity (Wildman–Crippen MR) is 78.6 cm³/mol. The third-order valence-corrected chi connectivity index (χ3v) is 3.69. The van der Waals surface area contributed by atoms with Gasteiger partial charge in [-0.15, -0.1) is 0 Å². The van der Waals surface area contributed by atoms with E-state index in [4.69, 9.17) is 4.74 Å². The van der Waals surface area contributed by atoms with Crippen molar-refractivity contribution in [3.63, 3.8) is 0 Å². The lowest BCUT2D eigenvalue weighted by molar-refractivity contribution is -0.140. The number of carbonyl (C=O) groups excluding carboxylic acids is 1. The number of nitrogens with zero attached hydrogens (tertiary/aromatic N) is 5. The Hall–Kier alpha value is -2.90. The van der Waals surface area contributed by atoms with Gasteiger partial charge in [-0.3, -0.25) is 4.68 Å². The first-order chi connectivity index (χ1) is 10.7. The standard InChI is InChI=1S/C14H14N6O2/c1-19-4-2-9-6-15-14(18-12(9)19)17-10-7-16-20(8-10)11-3-5-22-13(11)21/h2,4,6-8,11H,3,5H2,1H3,(H,15,17,18). The molecule has 0 amide bonds. The zero-order valence-electron chi connectivity index (χ0n) is 11.9. The van der Waals surface area contributed by atoms with Crippen molar-refractivity contribution in [2.24, 2.45) is 7.05 Å². The highest BCUT2D eigenvalue weighted by Crippen LogP contribution is 2.22. The van der Waals surface area contributed by atoms with Crippen LogP contribution in [0.4, 0.5) is 11.6 Å². The number of hydrogen-bond donors (Lipinski definition) is 1. The number of hydrogen-bond acceptors (Lipinski definition) is 6. The van der Waals surface area contributed by atoms with Crippen LogP contribution in [0.3, 0.4) is 0 Å². The van der Waals surface area contributed by atoms with Gasteiger partial charge in [0.15, 0.2) is 6.04 Å². The summed E-state index contributed by atoms with van der Waals surface area (Å²) in [6, 6.07) is 1.62. The SMILES string of the molecule is Cn1ccc2cnc(Nc3cnn(C4CCOC4=O)c3)nc21. The number of nitrogens with one attached hydrogen (secondary N) is 1. The van der Waals surface area contributed by atoms with Crippen LogP contribution < -0.4 is 5.32 Å². The molecule has 1 fully saturated rings. The average Bonchev–Trinajstić information content (AvgIpc) is 3.21. The molecule has 1 aliphatic heterocycles. The van der Waals surface area contributed by atoms with Crippen molar-refractivity contribution in [1.82, 2.24) is 24.3 Å². The first kappa shape index (κ1) is 12.8. The molecule has 8 heteroatoms. The normalized spacial score (nSPS) is 17.9. The number of anilines is 2. The highest BCUT2D eigenvalue weighted by atomic mass is 16.5. The van der Waals surface area contributed by atoms with E-state index in [0.29, 0.717) is 19.0 Å². The fraction of sp³-hybridized carbons (Fsp3) is 0.286. The number of cyclic esters (lactones) is 1. The van der Waals surface area contributed by atoms with E-state index in [1.54, 1.807) is 23.3 Å². The van der Waals surface area contributed by atoms with Crippen LogP contribution in [0.15, 0.2) is 30.9 Å². The van der Waals surface area contributed by atoms with Crippen molar-refractivity contribution < 1.29 is 9.53 Å². The smallest absolute Gasteiger partial charge is 0.331 e. The van der Waals surface area contributed by atoms with E-state index in [1.165, 1.54) is 0 Å². The summed E-state index contributed by atoms with van der Waals surface area (Å²) in [4.78, 5) is 20.3. The fourth-order valence-electron chi connectivity index (χ4n) is 2.53. The molecule has 3 aromatic rings. The van der Waals surface area contributed by atoms with Gasteiger partial charge in [0.25, 0.3) is 0 Å². The average molecular weight is 298 g/mol. The van der Waals surface area contributed by atoms with E-state index >= 15 is 0 Å². The van der Waals surface area contributed by atoms with E-state index in [-0.39, 0.29) is 12.0 Å². The fourth-order valence-corrected chi connectivity index (χ4v) is 2.53. The van der Waals surface area contributed by atoms with Gasteiger partial charge < -0.3 is 14.6 Å². The molecule has 0 bridgehead atoms. The summed E-state index contributed by atoms with van der Waals surface area (Å²) in [5.41, 5.74) is 1.58. The Balaban J connectivity index is 1.58.